The lowest BCUT2D eigenvalue weighted by Gasteiger charge is -2.06. The Bertz CT molecular complexity index is 733. The number of rotatable bonds is 7. The molecule has 6 heteroatoms. The lowest BCUT2D eigenvalue weighted by molar-refractivity contribution is -0.116. The minimum atomic E-state index is -0.187. The van der Waals surface area contributed by atoms with E-state index in [1.165, 1.54) is 0 Å². The van der Waals surface area contributed by atoms with Gasteiger partial charge < -0.3 is 10.1 Å². The molecule has 0 aliphatic rings. The van der Waals surface area contributed by atoms with E-state index in [0.717, 1.165) is 22.8 Å². The van der Waals surface area contributed by atoms with E-state index >= 15 is 0 Å². The average molecular weight is 329 g/mol. The summed E-state index contributed by atoms with van der Waals surface area (Å²) in [4.78, 5) is 24.3. The fourth-order valence-electron chi connectivity index (χ4n) is 2.43. The molecule has 0 spiro atoms. The van der Waals surface area contributed by atoms with Crippen molar-refractivity contribution in [1.29, 1.82) is 0 Å². The molecular formula is C18H23N3O3. The summed E-state index contributed by atoms with van der Waals surface area (Å²) in [6, 6.07) is 6.97. The summed E-state index contributed by atoms with van der Waals surface area (Å²) in [5.41, 5.74) is 2.95. The van der Waals surface area contributed by atoms with Gasteiger partial charge in [0.15, 0.2) is 5.78 Å². The van der Waals surface area contributed by atoms with Gasteiger partial charge in [0.25, 0.3) is 0 Å². The first kappa shape index (κ1) is 17.7. The quantitative estimate of drug-likeness (QED) is 0.792. The van der Waals surface area contributed by atoms with Crippen LogP contribution in [0.25, 0.3) is 0 Å². The lowest BCUT2D eigenvalue weighted by atomic mass is 10.1. The highest BCUT2D eigenvalue weighted by atomic mass is 16.5. The number of nitrogens with one attached hydrogen (secondary N) is 1. The molecule has 1 heterocycles. The molecule has 0 fully saturated rings. The summed E-state index contributed by atoms with van der Waals surface area (Å²) in [6.45, 7) is 6.22. The van der Waals surface area contributed by atoms with Gasteiger partial charge in [0.2, 0.25) is 5.91 Å². The van der Waals surface area contributed by atoms with E-state index in [-0.39, 0.29) is 24.5 Å². The summed E-state index contributed by atoms with van der Waals surface area (Å²) < 4.78 is 7.06. The number of hydrogen-bond donors (Lipinski definition) is 1. The molecule has 128 valence electrons. The van der Waals surface area contributed by atoms with Crippen molar-refractivity contribution in [2.24, 2.45) is 7.05 Å². The summed E-state index contributed by atoms with van der Waals surface area (Å²) in [6.07, 6.45) is 0.304. The predicted octanol–water partition coefficient (Wildman–Crippen LogP) is 3.04. The van der Waals surface area contributed by atoms with E-state index < -0.39 is 0 Å². The first-order valence-corrected chi connectivity index (χ1v) is 7.98. The van der Waals surface area contributed by atoms with E-state index in [4.69, 9.17) is 4.74 Å². The molecule has 0 saturated heterocycles. The molecule has 0 saturated carbocycles. The van der Waals surface area contributed by atoms with Gasteiger partial charge in [0, 0.05) is 25.5 Å². The standard InChI is InChI=1S/C18H23N3O3/c1-5-24-15-8-6-14(7-9-15)16(22)10-11-17(23)19-18-12(2)20-21(4)13(18)3/h6-9H,5,10-11H2,1-4H3,(H,19,23). The number of carbonyl (C=O) groups is 2. The highest BCUT2D eigenvalue weighted by Crippen LogP contribution is 2.19. The number of Topliss-reactive ketones (excluding diaryl/α,β-unsaturated/α-hetero) is 1. The van der Waals surface area contributed by atoms with Gasteiger partial charge in [-0.25, -0.2) is 0 Å². The smallest absolute Gasteiger partial charge is 0.224 e. The SMILES string of the molecule is CCOc1ccc(C(=O)CCC(=O)Nc2c(C)nn(C)c2C)cc1. The number of nitrogens with zero attached hydrogens (tertiary/aromatic N) is 2. The summed E-state index contributed by atoms with van der Waals surface area (Å²) in [5.74, 6) is 0.482. The van der Waals surface area contributed by atoms with Crippen molar-refractivity contribution in [2.45, 2.75) is 33.6 Å². The maximum absolute atomic E-state index is 12.2. The zero-order valence-corrected chi connectivity index (χ0v) is 14.5. The molecule has 0 radical (unpaired) electrons. The van der Waals surface area contributed by atoms with Crippen LogP contribution in [0.15, 0.2) is 24.3 Å². The second-order valence-corrected chi connectivity index (χ2v) is 5.60. The molecule has 1 aromatic heterocycles. The van der Waals surface area contributed by atoms with Crippen LogP contribution in [-0.4, -0.2) is 28.1 Å². The molecule has 1 amide bonds. The van der Waals surface area contributed by atoms with Gasteiger partial charge in [0.1, 0.15) is 5.75 Å². The van der Waals surface area contributed by atoms with Gasteiger partial charge in [0.05, 0.1) is 23.7 Å². The van der Waals surface area contributed by atoms with Crippen LogP contribution >= 0.6 is 0 Å². The molecule has 2 aromatic rings. The zero-order chi connectivity index (χ0) is 17.7. The van der Waals surface area contributed by atoms with Crippen molar-refractivity contribution >= 4 is 17.4 Å². The molecule has 0 unspecified atom stereocenters. The van der Waals surface area contributed by atoms with Gasteiger partial charge in [-0.2, -0.15) is 5.10 Å². The molecular weight excluding hydrogens is 306 g/mol. The van der Waals surface area contributed by atoms with Crippen LogP contribution in [0.5, 0.6) is 5.75 Å². The Balaban J connectivity index is 1.90. The number of hydrogen-bond acceptors (Lipinski definition) is 4. The second-order valence-electron chi connectivity index (χ2n) is 5.60. The molecule has 0 atom stereocenters. The third kappa shape index (κ3) is 4.22. The summed E-state index contributed by atoms with van der Waals surface area (Å²) in [7, 11) is 1.83. The molecule has 2 rings (SSSR count). The Morgan fingerprint density at radius 2 is 1.83 bits per heavy atom. The average Bonchev–Trinajstić information content (AvgIpc) is 2.80. The predicted molar refractivity (Wildman–Crippen MR) is 92.5 cm³/mol. The van der Waals surface area contributed by atoms with Crippen LogP contribution in [0.2, 0.25) is 0 Å². The lowest BCUT2D eigenvalue weighted by Crippen LogP contribution is -2.14. The summed E-state index contributed by atoms with van der Waals surface area (Å²) in [5, 5.41) is 7.09. The van der Waals surface area contributed by atoms with E-state index in [1.807, 2.05) is 27.8 Å². The third-order valence-electron chi connectivity index (χ3n) is 3.84. The molecule has 0 aliphatic heterocycles. The van der Waals surface area contributed by atoms with Crippen LogP contribution in [0.3, 0.4) is 0 Å². The van der Waals surface area contributed by atoms with E-state index in [9.17, 15) is 9.59 Å². The Morgan fingerprint density at radius 1 is 1.17 bits per heavy atom. The van der Waals surface area contributed by atoms with E-state index in [2.05, 4.69) is 10.4 Å². The van der Waals surface area contributed by atoms with Crippen molar-refractivity contribution in [3.8, 4) is 5.75 Å². The number of aryl methyl sites for hydroxylation is 2. The number of ether oxygens (including phenoxy) is 1. The maximum atomic E-state index is 12.2. The van der Waals surface area contributed by atoms with Gasteiger partial charge in [-0.15, -0.1) is 0 Å². The van der Waals surface area contributed by atoms with Crippen LogP contribution < -0.4 is 10.1 Å². The van der Waals surface area contributed by atoms with Gasteiger partial charge in [-0.1, -0.05) is 0 Å². The molecule has 1 aromatic carbocycles. The van der Waals surface area contributed by atoms with Crippen LogP contribution in [0.4, 0.5) is 5.69 Å². The Labute approximate surface area is 141 Å². The minimum absolute atomic E-state index is 0.0622. The number of amides is 1. The first-order valence-electron chi connectivity index (χ1n) is 7.98. The zero-order valence-electron chi connectivity index (χ0n) is 14.5. The second kappa shape index (κ2) is 7.77. The Morgan fingerprint density at radius 3 is 2.38 bits per heavy atom. The molecule has 0 bridgehead atoms. The van der Waals surface area contributed by atoms with Gasteiger partial charge in [-0.05, 0) is 45.0 Å². The number of anilines is 1. The van der Waals surface area contributed by atoms with Gasteiger partial charge in [-0.3, -0.25) is 14.3 Å². The monoisotopic (exact) mass is 329 g/mol. The highest BCUT2D eigenvalue weighted by molar-refractivity contribution is 6.00. The topological polar surface area (TPSA) is 73.2 Å². The van der Waals surface area contributed by atoms with Crippen LogP contribution in [0.1, 0.15) is 41.5 Å². The Kier molecular flexibility index (Phi) is 5.73. The number of carbonyl (C=O) groups excluding carboxylic acids is 2. The number of aromatic nitrogens is 2. The Hall–Kier alpha value is -2.63. The fraction of sp³-hybridized carbons (Fsp3) is 0.389. The fourth-order valence-corrected chi connectivity index (χ4v) is 2.43. The first-order chi connectivity index (χ1) is 11.4. The number of benzene rings is 1. The van der Waals surface area contributed by atoms with Gasteiger partial charge >= 0.3 is 0 Å². The van der Waals surface area contributed by atoms with E-state index in [1.54, 1.807) is 28.9 Å². The van der Waals surface area contributed by atoms with Crippen LogP contribution in [-0.2, 0) is 11.8 Å². The highest BCUT2D eigenvalue weighted by Gasteiger charge is 2.14. The van der Waals surface area contributed by atoms with Crippen molar-refractivity contribution in [3.05, 3.63) is 41.2 Å². The largest absolute Gasteiger partial charge is 0.494 e. The normalized spacial score (nSPS) is 10.5. The maximum Gasteiger partial charge on any atom is 0.224 e. The summed E-state index contributed by atoms with van der Waals surface area (Å²) >= 11 is 0. The third-order valence-corrected chi connectivity index (χ3v) is 3.84. The molecule has 0 aliphatic carbocycles. The van der Waals surface area contributed by atoms with E-state index in [0.29, 0.717) is 12.2 Å². The molecule has 1 N–H and O–H groups in total. The van der Waals surface area contributed by atoms with Crippen molar-refractivity contribution in [2.75, 3.05) is 11.9 Å². The minimum Gasteiger partial charge on any atom is -0.494 e. The van der Waals surface area contributed by atoms with Crippen molar-refractivity contribution in [1.82, 2.24) is 9.78 Å². The van der Waals surface area contributed by atoms with Crippen molar-refractivity contribution in [3.63, 3.8) is 0 Å². The molecule has 24 heavy (non-hydrogen) atoms. The number of ketones is 1. The van der Waals surface area contributed by atoms with Crippen molar-refractivity contribution < 1.29 is 14.3 Å². The van der Waals surface area contributed by atoms with Crippen LogP contribution in [0, 0.1) is 13.8 Å². The molecule has 6 nitrogen and oxygen atoms in total.